The van der Waals surface area contributed by atoms with Gasteiger partial charge in [-0.05, 0) is 18.1 Å². The largest absolute Gasteiger partial charge is 0.413 e. The van der Waals surface area contributed by atoms with Crippen LogP contribution in [-0.2, 0) is 13.9 Å². The van der Waals surface area contributed by atoms with Gasteiger partial charge in [0.15, 0.2) is 8.32 Å². The normalized spacial score (nSPS) is 34.8. The molecule has 1 N–H and O–H groups in total. The predicted molar refractivity (Wildman–Crippen MR) is 76.7 cm³/mol. The van der Waals surface area contributed by atoms with Gasteiger partial charge in [0.05, 0.1) is 13.2 Å². The van der Waals surface area contributed by atoms with E-state index in [1.165, 1.54) is 0 Å². The summed E-state index contributed by atoms with van der Waals surface area (Å²) in [4.78, 5) is 0. The van der Waals surface area contributed by atoms with E-state index in [2.05, 4.69) is 33.9 Å². The highest BCUT2D eigenvalue weighted by molar-refractivity contribution is 6.74. The van der Waals surface area contributed by atoms with E-state index < -0.39 is 8.32 Å². The molecule has 5 heteroatoms. The molecule has 0 spiro atoms. The SMILES string of the molecule is CC(C)(C)[Si](C)(C)OC/C=C/[C@@H]1O[C@H]1[C@H]1O[C@@H]1CO. The van der Waals surface area contributed by atoms with Crippen LogP contribution in [0.5, 0.6) is 0 Å². The molecule has 2 heterocycles. The van der Waals surface area contributed by atoms with Gasteiger partial charge in [0.1, 0.15) is 24.4 Å². The zero-order chi connectivity index (χ0) is 14.3. The van der Waals surface area contributed by atoms with E-state index in [1.54, 1.807) is 0 Å². The molecule has 19 heavy (non-hydrogen) atoms. The molecule has 0 aliphatic carbocycles. The first kappa shape index (κ1) is 15.2. The topological polar surface area (TPSA) is 54.5 Å². The molecule has 0 bridgehead atoms. The van der Waals surface area contributed by atoms with Gasteiger partial charge in [0.2, 0.25) is 0 Å². The van der Waals surface area contributed by atoms with Crippen LogP contribution in [0.4, 0.5) is 0 Å². The number of rotatable bonds is 6. The smallest absolute Gasteiger partial charge is 0.192 e. The van der Waals surface area contributed by atoms with E-state index in [4.69, 9.17) is 19.0 Å². The average Bonchev–Trinajstić information content (AvgIpc) is 3.16. The second-order valence-corrected chi connectivity index (χ2v) is 11.7. The molecule has 2 aliphatic heterocycles. The minimum atomic E-state index is -1.65. The second kappa shape index (κ2) is 5.29. The number of aliphatic hydroxyl groups is 1. The lowest BCUT2D eigenvalue weighted by Gasteiger charge is -2.35. The predicted octanol–water partition coefficient (Wildman–Crippen LogP) is 2.09. The molecule has 0 aromatic carbocycles. The highest BCUT2D eigenvalue weighted by Gasteiger charge is 2.56. The molecule has 110 valence electrons. The highest BCUT2D eigenvalue weighted by atomic mass is 28.4. The van der Waals surface area contributed by atoms with Crippen molar-refractivity contribution in [2.24, 2.45) is 0 Å². The van der Waals surface area contributed by atoms with Crippen LogP contribution in [0.1, 0.15) is 20.8 Å². The van der Waals surface area contributed by atoms with Crippen LogP contribution in [0.15, 0.2) is 12.2 Å². The van der Waals surface area contributed by atoms with Crippen LogP contribution in [0.3, 0.4) is 0 Å². The van der Waals surface area contributed by atoms with Gasteiger partial charge in [-0.2, -0.15) is 0 Å². The lowest BCUT2D eigenvalue weighted by molar-refractivity contribution is 0.240. The number of hydrogen-bond donors (Lipinski definition) is 1. The molecule has 2 saturated heterocycles. The Morgan fingerprint density at radius 3 is 2.42 bits per heavy atom. The lowest BCUT2D eigenvalue weighted by Crippen LogP contribution is -2.40. The van der Waals surface area contributed by atoms with Crippen molar-refractivity contribution in [1.29, 1.82) is 0 Å². The Morgan fingerprint density at radius 2 is 1.89 bits per heavy atom. The summed E-state index contributed by atoms with van der Waals surface area (Å²) in [6, 6.07) is 0. The van der Waals surface area contributed by atoms with Crippen molar-refractivity contribution in [3.05, 3.63) is 12.2 Å². The van der Waals surface area contributed by atoms with Crippen molar-refractivity contribution in [1.82, 2.24) is 0 Å². The highest BCUT2D eigenvalue weighted by Crippen LogP contribution is 2.39. The Hall–Kier alpha value is -0.203. The van der Waals surface area contributed by atoms with E-state index in [-0.39, 0.29) is 36.1 Å². The molecule has 0 amide bonds. The van der Waals surface area contributed by atoms with E-state index >= 15 is 0 Å². The molecule has 4 atom stereocenters. The van der Waals surface area contributed by atoms with E-state index in [0.29, 0.717) is 6.61 Å². The quantitative estimate of drug-likeness (QED) is 0.461. The van der Waals surface area contributed by atoms with Crippen LogP contribution < -0.4 is 0 Å². The molecule has 0 saturated carbocycles. The summed E-state index contributed by atoms with van der Waals surface area (Å²) in [5, 5.41) is 9.15. The van der Waals surface area contributed by atoms with Gasteiger partial charge in [0.25, 0.3) is 0 Å². The number of hydrogen-bond acceptors (Lipinski definition) is 4. The minimum Gasteiger partial charge on any atom is -0.413 e. The van der Waals surface area contributed by atoms with Crippen molar-refractivity contribution in [3.63, 3.8) is 0 Å². The van der Waals surface area contributed by atoms with Crippen LogP contribution >= 0.6 is 0 Å². The molecular formula is C14H26O4Si. The maximum Gasteiger partial charge on any atom is 0.192 e. The van der Waals surface area contributed by atoms with Crippen molar-refractivity contribution in [3.8, 4) is 0 Å². The fraction of sp³-hybridized carbons (Fsp3) is 0.857. The Balaban J connectivity index is 1.66. The van der Waals surface area contributed by atoms with E-state index in [9.17, 15) is 0 Å². The third-order valence-corrected chi connectivity index (χ3v) is 8.86. The molecule has 2 aliphatic rings. The summed E-state index contributed by atoms with van der Waals surface area (Å²) in [5.41, 5.74) is 0. The molecule has 4 nitrogen and oxygen atoms in total. The molecule has 0 radical (unpaired) electrons. The van der Waals surface area contributed by atoms with Crippen molar-refractivity contribution in [2.45, 2.75) is 63.3 Å². The number of epoxide rings is 2. The average molecular weight is 286 g/mol. The first-order valence-electron chi connectivity index (χ1n) is 6.98. The Bertz CT molecular complexity index is 348. The zero-order valence-electron chi connectivity index (χ0n) is 12.6. The number of aliphatic hydroxyl groups excluding tert-OH is 1. The third kappa shape index (κ3) is 3.67. The lowest BCUT2D eigenvalue weighted by atomic mass is 10.2. The fourth-order valence-corrected chi connectivity index (χ4v) is 2.76. The third-order valence-electron chi connectivity index (χ3n) is 4.36. The van der Waals surface area contributed by atoms with Crippen LogP contribution in [0, 0.1) is 0 Å². The summed E-state index contributed by atoms with van der Waals surface area (Å²) >= 11 is 0. The summed E-state index contributed by atoms with van der Waals surface area (Å²) in [6.07, 6.45) is 4.47. The minimum absolute atomic E-state index is 0.00752. The van der Waals surface area contributed by atoms with Gasteiger partial charge in [-0.25, -0.2) is 0 Å². The van der Waals surface area contributed by atoms with Crippen LogP contribution in [0.2, 0.25) is 18.1 Å². The van der Waals surface area contributed by atoms with E-state index in [0.717, 1.165) is 0 Å². The second-order valence-electron chi connectivity index (χ2n) is 6.89. The van der Waals surface area contributed by atoms with Gasteiger partial charge in [-0.15, -0.1) is 0 Å². The van der Waals surface area contributed by atoms with Gasteiger partial charge in [-0.3, -0.25) is 0 Å². The first-order chi connectivity index (χ1) is 8.76. The summed E-state index contributed by atoms with van der Waals surface area (Å²) in [5.74, 6) is 0. The Morgan fingerprint density at radius 1 is 1.21 bits per heavy atom. The fourth-order valence-electron chi connectivity index (χ4n) is 1.81. The van der Waals surface area contributed by atoms with Gasteiger partial charge >= 0.3 is 0 Å². The van der Waals surface area contributed by atoms with Crippen molar-refractivity contribution >= 4 is 8.32 Å². The summed E-state index contributed by atoms with van der Waals surface area (Å²) < 4.78 is 16.8. The van der Waals surface area contributed by atoms with Gasteiger partial charge in [-0.1, -0.05) is 32.9 Å². The van der Waals surface area contributed by atoms with Crippen LogP contribution in [0.25, 0.3) is 0 Å². The first-order valence-corrected chi connectivity index (χ1v) is 9.89. The summed E-state index contributed by atoms with van der Waals surface area (Å²) in [6.45, 7) is 12.0. The van der Waals surface area contributed by atoms with Crippen LogP contribution in [-0.4, -0.2) is 51.1 Å². The maximum atomic E-state index is 8.91. The van der Waals surface area contributed by atoms with Gasteiger partial charge in [0, 0.05) is 0 Å². The Kier molecular flexibility index (Phi) is 4.23. The monoisotopic (exact) mass is 286 g/mol. The van der Waals surface area contributed by atoms with Crippen molar-refractivity contribution < 1.29 is 19.0 Å². The molecular weight excluding hydrogens is 260 g/mol. The molecule has 2 fully saturated rings. The molecule has 0 unspecified atom stereocenters. The zero-order valence-corrected chi connectivity index (χ0v) is 13.6. The molecule has 0 aromatic rings. The van der Waals surface area contributed by atoms with Gasteiger partial charge < -0.3 is 19.0 Å². The Labute approximate surface area is 116 Å². The maximum absolute atomic E-state index is 8.91. The summed E-state index contributed by atoms with van der Waals surface area (Å²) in [7, 11) is -1.65. The number of ether oxygens (including phenoxy) is 2. The molecule has 2 rings (SSSR count). The van der Waals surface area contributed by atoms with E-state index in [1.807, 2.05) is 12.2 Å². The standard InChI is InChI=1S/C14H26O4Si/c1-14(2,3)19(4,5)16-8-6-7-10-12(17-10)13-11(9-15)18-13/h6-7,10-13,15H,8-9H2,1-5H3/b7-6+/t10-,11+,12+,13-/m0/s1. The molecule has 0 aromatic heterocycles. The van der Waals surface area contributed by atoms with Crippen molar-refractivity contribution in [2.75, 3.05) is 13.2 Å².